The van der Waals surface area contributed by atoms with Gasteiger partial charge in [-0.15, -0.1) is 10.2 Å². The summed E-state index contributed by atoms with van der Waals surface area (Å²) in [5.41, 5.74) is 1.12. The molecule has 11 heteroatoms. The molecule has 140 valence electrons. The van der Waals surface area contributed by atoms with Gasteiger partial charge in [-0.2, -0.15) is 5.21 Å². The van der Waals surface area contributed by atoms with Crippen LogP contribution in [0, 0.1) is 0 Å². The van der Waals surface area contributed by atoms with E-state index in [1.54, 1.807) is 36.5 Å². The van der Waals surface area contributed by atoms with E-state index in [1.165, 1.54) is 7.11 Å². The van der Waals surface area contributed by atoms with Crippen molar-refractivity contribution in [1.29, 1.82) is 0 Å². The Kier molecular flexibility index (Phi) is 5.00. The number of rotatable bonds is 5. The second-order valence-corrected chi connectivity index (χ2v) is 6.09. The average Bonchev–Trinajstić information content (AvgIpc) is 3.26. The van der Waals surface area contributed by atoms with Crippen molar-refractivity contribution in [3.8, 4) is 40.2 Å². The second kappa shape index (κ2) is 7.75. The molecule has 4 aromatic rings. The molecule has 0 aliphatic heterocycles. The number of tetrazole rings is 1. The maximum atomic E-state index is 6.31. The Hall–Kier alpha value is -3.30. The molecule has 1 N–H and O–H groups in total. The number of ether oxygens (including phenoxy) is 2. The molecule has 0 amide bonds. The highest BCUT2D eigenvalue weighted by molar-refractivity contribution is 6.35. The Bertz CT molecular complexity index is 1100. The number of hydrogen-bond donors (Lipinski definition) is 1. The fraction of sp³-hybridized carbons (Fsp3) is 0.0588. The monoisotopic (exact) mass is 415 g/mol. The van der Waals surface area contributed by atoms with Crippen LogP contribution in [0.2, 0.25) is 10.3 Å². The van der Waals surface area contributed by atoms with Gasteiger partial charge >= 0.3 is 0 Å². The number of halogens is 2. The molecule has 4 rings (SSSR count). The number of hydrogen-bond acceptors (Lipinski definition) is 8. The third-order valence-corrected chi connectivity index (χ3v) is 4.17. The van der Waals surface area contributed by atoms with Gasteiger partial charge in [0, 0.05) is 11.8 Å². The fourth-order valence-corrected chi connectivity index (χ4v) is 2.85. The Balaban J connectivity index is 1.69. The van der Waals surface area contributed by atoms with E-state index < -0.39 is 0 Å². The summed E-state index contributed by atoms with van der Waals surface area (Å²) in [5, 5.41) is 13.8. The molecular formula is C17H11Cl2N7O2. The molecule has 0 fully saturated rings. The van der Waals surface area contributed by atoms with Crippen molar-refractivity contribution in [3.63, 3.8) is 0 Å². The van der Waals surface area contributed by atoms with Gasteiger partial charge in [-0.1, -0.05) is 35.3 Å². The minimum absolute atomic E-state index is 0.0545. The summed E-state index contributed by atoms with van der Waals surface area (Å²) in [4.78, 5) is 12.8. The minimum atomic E-state index is 0.0545. The number of aromatic nitrogens is 7. The van der Waals surface area contributed by atoms with E-state index in [2.05, 4.69) is 35.6 Å². The van der Waals surface area contributed by atoms with Crippen molar-refractivity contribution in [2.45, 2.75) is 0 Å². The second-order valence-electron chi connectivity index (χ2n) is 5.38. The van der Waals surface area contributed by atoms with Crippen LogP contribution in [0.25, 0.3) is 22.9 Å². The molecule has 3 heterocycles. The van der Waals surface area contributed by atoms with Crippen LogP contribution in [0.3, 0.4) is 0 Å². The number of aromatic amines is 1. The predicted octanol–water partition coefficient (Wildman–Crippen LogP) is 3.83. The molecule has 0 radical (unpaired) electrons. The van der Waals surface area contributed by atoms with Crippen molar-refractivity contribution in [2.24, 2.45) is 0 Å². The minimum Gasteiger partial charge on any atom is -0.493 e. The predicted molar refractivity (Wildman–Crippen MR) is 102 cm³/mol. The SMILES string of the molecule is COc1ccccc1Oc1c(Cl)nc(-c2ccnc(-c3nn[nH]n3)c2)nc1Cl. The van der Waals surface area contributed by atoms with Crippen LogP contribution in [0.15, 0.2) is 42.6 Å². The van der Waals surface area contributed by atoms with Crippen LogP contribution < -0.4 is 9.47 Å². The summed E-state index contributed by atoms with van der Waals surface area (Å²) in [6.45, 7) is 0. The normalized spacial score (nSPS) is 10.7. The molecule has 0 saturated heterocycles. The number of nitrogens with zero attached hydrogens (tertiary/aromatic N) is 6. The summed E-state index contributed by atoms with van der Waals surface area (Å²) in [6.07, 6.45) is 1.57. The molecule has 0 spiro atoms. The number of methoxy groups -OCH3 is 1. The molecule has 0 saturated carbocycles. The van der Waals surface area contributed by atoms with Crippen LogP contribution >= 0.6 is 23.2 Å². The molecule has 0 bridgehead atoms. The number of H-pyrrole nitrogens is 1. The summed E-state index contributed by atoms with van der Waals surface area (Å²) in [6, 6.07) is 10.5. The van der Waals surface area contributed by atoms with Gasteiger partial charge in [0.1, 0.15) is 5.69 Å². The molecule has 0 unspecified atom stereocenters. The highest BCUT2D eigenvalue weighted by Gasteiger charge is 2.17. The molecule has 28 heavy (non-hydrogen) atoms. The Morgan fingerprint density at radius 2 is 1.71 bits per heavy atom. The van der Waals surface area contributed by atoms with Gasteiger partial charge in [-0.3, -0.25) is 4.98 Å². The summed E-state index contributed by atoms with van der Waals surface area (Å²) in [5.74, 6) is 1.74. The van der Waals surface area contributed by atoms with Crippen molar-refractivity contribution < 1.29 is 9.47 Å². The Labute approximate surface area is 168 Å². The van der Waals surface area contributed by atoms with Crippen molar-refractivity contribution in [1.82, 2.24) is 35.6 Å². The zero-order chi connectivity index (χ0) is 19.5. The van der Waals surface area contributed by atoms with E-state index in [0.717, 1.165) is 0 Å². The lowest BCUT2D eigenvalue weighted by atomic mass is 10.2. The third-order valence-electron chi connectivity index (χ3n) is 3.66. The van der Waals surface area contributed by atoms with E-state index in [4.69, 9.17) is 32.7 Å². The van der Waals surface area contributed by atoms with Crippen LogP contribution in [0.5, 0.6) is 17.2 Å². The van der Waals surface area contributed by atoms with Crippen LogP contribution in [-0.2, 0) is 0 Å². The van der Waals surface area contributed by atoms with Gasteiger partial charge in [0.25, 0.3) is 0 Å². The highest BCUT2D eigenvalue weighted by Crippen LogP contribution is 2.38. The van der Waals surface area contributed by atoms with Crippen LogP contribution in [0.1, 0.15) is 0 Å². The van der Waals surface area contributed by atoms with Gasteiger partial charge in [-0.05, 0) is 29.5 Å². The lowest BCUT2D eigenvalue weighted by Gasteiger charge is -2.12. The van der Waals surface area contributed by atoms with Gasteiger partial charge in [-0.25, -0.2) is 9.97 Å². The molecular weight excluding hydrogens is 405 g/mol. The third kappa shape index (κ3) is 3.57. The quantitative estimate of drug-likeness (QED) is 0.489. The molecule has 0 aliphatic rings. The van der Waals surface area contributed by atoms with Gasteiger partial charge < -0.3 is 9.47 Å². The number of pyridine rings is 1. The topological polar surface area (TPSA) is 112 Å². The first-order valence-electron chi connectivity index (χ1n) is 7.90. The zero-order valence-corrected chi connectivity index (χ0v) is 15.8. The first-order valence-corrected chi connectivity index (χ1v) is 8.65. The van der Waals surface area contributed by atoms with Gasteiger partial charge in [0.2, 0.25) is 11.6 Å². The zero-order valence-electron chi connectivity index (χ0n) is 14.3. The summed E-state index contributed by atoms with van der Waals surface area (Å²) >= 11 is 12.6. The molecule has 0 atom stereocenters. The fourth-order valence-electron chi connectivity index (χ4n) is 2.39. The molecule has 1 aromatic carbocycles. The van der Waals surface area contributed by atoms with Gasteiger partial charge in [0.05, 0.1) is 7.11 Å². The van der Waals surface area contributed by atoms with Crippen LogP contribution in [0.4, 0.5) is 0 Å². The van der Waals surface area contributed by atoms with Crippen LogP contribution in [-0.4, -0.2) is 42.7 Å². The Morgan fingerprint density at radius 1 is 0.964 bits per heavy atom. The lowest BCUT2D eigenvalue weighted by molar-refractivity contribution is 0.378. The van der Waals surface area contributed by atoms with Gasteiger partial charge in [0.15, 0.2) is 27.6 Å². The van der Waals surface area contributed by atoms with E-state index in [1.807, 2.05) is 6.07 Å². The van der Waals surface area contributed by atoms with Crippen molar-refractivity contribution in [2.75, 3.05) is 7.11 Å². The average molecular weight is 416 g/mol. The smallest absolute Gasteiger partial charge is 0.222 e. The summed E-state index contributed by atoms with van der Waals surface area (Å²) < 4.78 is 11.0. The standard InChI is InChI=1S/C17H11Cl2N7O2/c1-27-11-4-2-3-5-12(11)28-13-14(18)21-16(22-15(13)19)9-6-7-20-10(8-9)17-23-25-26-24-17/h2-8H,1H3,(H,23,24,25,26). The molecule has 9 nitrogen and oxygen atoms in total. The Morgan fingerprint density at radius 3 is 2.39 bits per heavy atom. The van der Waals surface area contributed by atoms with E-state index in [-0.39, 0.29) is 16.1 Å². The van der Waals surface area contributed by atoms with Crippen molar-refractivity contribution in [3.05, 3.63) is 52.9 Å². The molecule has 0 aliphatic carbocycles. The lowest BCUT2D eigenvalue weighted by Crippen LogP contribution is -1.97. The van der Waals surface area contributed by atoms with E-state index in [9.17, 15) is 0 Å². The maximum Gasteiger partial charge on any atom is 0.222 e. The first kappa shape index (κ1) is 18.1. The van der Waals surface area contributed by atoms with Crippen molar-refractivity contribution >= 4 is 23.2 Å². The summed E-state index contributed by atoms with van der Waals surface area (Å²) in [7, 11) is 1.54. The highest BCUT2D eigenvalue weighted by atomic mass is 35.5. The van der Waals surface area contributed by atoms with E-state index >= 15 is 0 Å². The first-order chi connectivity index (χ1) is 13.7. The largest absolute Gasteiger partial charge is 0.493 e. The molecule has 3 aromatic heterocycles. The van der Waals surface area contributed by atoms with E-state index in [0.29, 0.717) is 34.4 Å². The maximum absolute atomic E-state index is 6.31. The number of nitrogens with one attached hydrogen (secondary N) is 1. The number of para-hydroxylation sites is 2. The number of benzene rings is 1.